The molecule has 0 bridgehead atoms. The highest BCUT2D eigenvalue weighted by Crippen LogP contribution is 2.40. The van der Waals surface area contributed by atoms with Gasteiger partial charge < -0.3 is 4.42 Å². The summed E-state index contributed by atoms with van der Waals surface area (Å²) in [5.41, 5.74) is 6.30. The van der Waals surface area contributed by atoms with Crippen LogP contribution in [0.3, 0.4) is 0 Å². The zero-order chi connectivity index (χ0) is 20.2. The van der Waals surface area contributed by atoms with Gasteiger partial charge in [-0.05, 0) is 50.0 Å². The van der Waals surface area contributed by atoms with E-state index in [4.69, 9.17) is 15.1 Å². The molecule has 3 heteroatoms. The van der Waals surface area contributed by atoms with Crippen molar-refractivity contribution in [2.24, 2.45) is 7.05 Å². The smallest absolute Gasteiger partial charge is 0.216 e. The number of hydrogen-bond acceptors (Lipinski definition) is 1. The Balaban J connectivity index is 2.07. The van der Waals surface area contributed by atoms with Crippen molar-refractivity contribution in [2.45, 2.75) is 20.7 Å². The van der Waals surface area contributed by atoms with Gasteiger partial charge in [0.15, 0.2) is 11.9 Å². The molecule has 2 aromatic carbocycles. The van der Waals surface area contributed by atoms with E-state index in [2.05, 4.69) is 10.9 Å². The lowest BCUT2D eigenvalue weighted by Crippen LogP contribution is -2.31. The fourth-order valence-corrected chi connectivity index (χ4v) is 3.56. The van der Waals surface area contributed by atoms with Gasteiger partial charge in [-0.15, -0.1) is 0 Å². The van der Waals surface area contributed by atoms with Crippen LogP contribution in [0.5, 0.6) is 0 Å². The van der Waals surface area contributed by atoms with Crippen molar-refractivity contribution in [2.75, 3.05) is 0 Å². The monoisotopic (exact) mass is 330 g/mol. The molecule has 0 radical (unpaired) electrons. The highest BCUT2D eigenvalue weighted by atomic mass is 16.3. The molecule has 2 aromatic heterocycles. The molecule has 122 valence electrons. The summed E-state index contributed by atoms with van der Waals surface area (Å²) in [6, 6.07) is 11.0. The molecule has 0 atom stereocenters. The molecule has 0 aliphatic carbocycles. The largest absolute Gasteiger partial charge is 0.455 e. The first-order chi connectivity index (χ1) is 13.2. The summed E-state index contributed by atoms with van der Waals surface area (Å²) >= 11 is 0. The number of pyridine rings is 1. The first kappa shape index (κ1) is 12.3. The lowest BCUT2D eigenvalue weighted by atomic mass is 9.96. The minimum Gasteiger partial charge on any atom is -0.455 e. The van der Waals surface area contributed by atoms with Crippen molar-refractivity contribution in [3.8, 4) is 11.3 Å². The van der Waals surface area contributed by atoms with E-state index in [0.29, 0.717) is 11.3 Å². The van der Waals surface area contributed by atoms with E-state index in [1.165, 1.54) is 0 Å². The van der Waals surface area contributed by atoms with Gasteiger partial charge in [0.2, 0.25) is 5.69 Å². The molecule has 0 unspecified atom stereocenters. The summed E-state index contributed by atoms with van der Waals surface area (Å²) < 4.78 is 31.0. The van der Waals surface area contributed by atoms with Crippen LogP contribution in [0.15, 0.2) is 47.0 Å². The minimum atomic E-state index is -2.15. The Bertz CT molecular complexity index is 1290. The van der Waals surface area contributed by atoms with Gasteiger partial charge in [-0.2, -0.15) is 0 Å². The fraction of sp³-hybridized carbons (Fsp3) is 0.182. The van der Waals surface area contributed by atoms with Gasteiger partial charge in [-0.3, -0.25) is 0 Å². The second kappa shape index (κ2) is 5.46. The third-order valence-corrected chi connectivity index (χ3v) is 4.64. The second-order valence-electron chi connectivity index (χ2n) is 6.40. The van der Waals surface area contributed by atoms with Gasteiger partial charge in [0.05, 0.1) is 12.1 Å². The fourth-order valence-electron chi connectivity index (χ4n) is 3.56. The van der Waals surface area contributed by atoms with Crippen LogP contribution in [-0.4, -0.2) is 0 Å². The molecule has 0 saturated carbocycles. The van der Waals surface area contributed by atoms with Crippen LogP contribution < -0.4 is 4.57 Å². The van der Waals surface area contributed by atoms with Gasteiger partial charge in [-0.1, -0.05) is 12.1 Å². The molecule has 0 amide bonds. The van der Waals surface area contributed by atoms with Crippen LogP contribution >= 0.6 is 0 Å². The van der Waals surface area contributed by atoms with Crippen molar-refractivity contribution in [1.29, 1.82) is 0 Å². The van der Waals surface area contributed by atoms with Crippen molar-refractivity contribution >= 4 is 27.6 Å². The molecule has 4 rings (SSSR count). The Hall–Kier alpha value is -3.12. The lowest BCUT2D eigenvalue weighted by Gasteiger charge is -2.08. The van der Waals surface area contributed by atoms with Gasteiger partial charge in [0.25, 0.3) is 0 Å². The van der Waals surface area contributed by atoms with Crippen LogP contribution in [0.25, 0.3) is 38.0 Å². The van der Waals surface area contributed by atoms with Crippen molar-refractivity contribution in [1.82, 2.24) is 0 Å². The maximum absolute atomic E-state index is 7.63. The van der Waals surface area contributed by atoms with E-state index in [-0.39, 0.29) is 0 Å². The highest BCUT2D eigenvalue weighted by molar-refractivity contribution is 6.12. The molecule has 2 heterocycles. The average Bonchev–Trinajstić information content (AvgIpc) is 3.00. The quantitative estimate of drug-likeness (QED) is 0.331. The number of nitrogens with zero attached hydrogens (tertiary/aromatic N) is 2. The van der Waals surface area contributed by atoms with Crippen LogP contribution in [0, 0.1) is 27.3 Å². The van der Waals surface area contributed by atoms with Gasteiger partial charge in [0, 0.05) is 26.5 Å². The Labute approximate surface area is 151 Å². The molecule has 0 aliphatic rings. The molecule has 0 spiro atoms. The topological polar surface area (TPSA) is 21.4 Å². The van der Waals surface area contributed by atoms with Crippen molar-refractivity contribution < 1.29 is 13.1 Å². The first-order valence-electron chi connectivity index (χ1n) is 9.55. The highest BCUT2D eigenvalue weighted by Gasteiger charge is 2.22. The molecule has 3 nitrogen and oxygen atoms in total. The molecular formula is C22H19N2O+. The zero-order valence-corrected chi connectivity index (χ0v) is 14.3. The Morgan fingerprint density at radius 3 is 2.68 bits per heavy atom. The van der Waals surface area contributed by atoms with Gasteiger partial charge in [0.1, 0.15) is 18.2 Å². The summed E-state index contributed by atoms with van der Waals surface area (Å²) in [7, 11) is 1.84. The van der Waals surface area contributed by atoms with Crippen LogP contribution in [0.2, 0.25) is 0 Å². The zero-order valence-electron chi connectivity index (χ0n) is 17.3. The average molecular weight is 330 g/mol. The predicted molar refractivity (Wildman–Crippen MR) is 101 cm³/mol. The minimum absolute atomic E-state index is 0.297. The summed E-state index contributed by atoms with van der Waals surface area (Å²) in [6.07, 6.45) is 1.65. The number of hydrogen-bond donors (Lipinski definition) is 0. The third-order valence-electron chi connectivity index (χ3n) is 4.64. The number of rotatable bonds is 1. The Kier molecular flexibility index (Phi) is 2.68. The Morgan fingerprint density at radius 1 is 1.12 bits per heavy atom. The van der Waals surface area contributed by atoms with Crippen molar-refractivity contribution in [3.63, 3.8) is 0 Å². The summed E-state index contributed by atoms with van der Waals surface area (Å²) in [5.74, 6) is 0. The number of aryl methyl sites for hydroxylation is 4. The molecule has 0 saturated heterocycles. The van der Waals surface area contributed by atoms with Gasteiger partial charge in [-0.25, -0.2) is 9.41 Å². The predicted octanol–water partition coefficient (Wildman–Crippen LogP) is 5.55. The number of furan rings is 1. The number of aromatic nitrogens is 1. The maximum atomic E-state index is 7.63. The number of fused-ring (bicyclic) bond motifs is 3. The van der Waals surface area contributed by atoms with Crippen LogP contribution in [-0.2, 0) is 7.05 Å². The molecule has 0 N–H and O–H groups in total. The van der Waals surface area contributed by atoms with Crippen LogP contribution in [0.4, 0.5) is 5.69 Å². The lowest BCUT2D eigenvalue weighted by molar-refractivity contribution is -0.660. The first-order valence-corrected chi connectivity index (χ1v) is 8.05. The third kappa shape index (κ3) is 2.30. The van der Waals surface area contributed by atoms with Crippen molar-refractivity contribution in [3.05, 3.63) is 70.7 Å². The van der Waals surface area contributed by atoms with E-state index in [0.717, 1.165) is 44.3 Å². The molecule has 25 heavy (non-hydrogen) atoms. The Morgan fingerprint density at radius 2 is 1.96 bits per heavy atom. The molecule has 0 fully saturated rings. The van der Waals surface area contributed by atoms with E-state index >= 15 is 0 Å². The van der Waals surface area contributed by atoms with E-state index < -0.39 is 6.85 Å². The summed E-state index contributed by atoms with van der Waals surface area (Å²) in [4.78, 5) is 3.53. The van der Waals surface area contributed by atoms with Crippen LogP contribution in [0.1, 0.15) is 20.8 Å². The molecule has 0 aliphatic heterocycles. The SMILES string of the molecule is [2H]C([2H])([2H])c1ccc(-c2c(C)cc(C)c3c2oc2ccc([N+]#[C-])cc23)[n+](C)c1. The summed E-state index contributed by atoms with van der Waals surface area (Å²) in [6.45, 7) is 9.20. The molecular weight excluding hydrogens is 308 g/mol. The van der Waals surface area contributed by atoms with E-state index in [1.54, 1.807) is 18.3 Å². The van der Waals surface area contributed by atoms with E-state index in [9.17, 15) is 0 Å². The van der Waals surface area contributed by atoms with E-state index in [1.807, 2.05) is 43.7 Å². The maximum Gasteiger partial charge on any atom is 0.216 e. The summed E-state index contributed by atoms with van der Waals surface area (Å²) in [5, 5.41) is 1.91. The molecule has 4 aromatic rings. The number of benzene rings is 2. The second-order valence-corrected chi connectivity index (χ2v) is 6.40. The van der Waals surface area contributed by atoms with Gasteiger partial charge >= 0.3 is 0 Å². The normalized spacial score (nSPS) is 13.4. The standard InChI is InChI=1S/C22H19N2O/c1-13-6-8-18(24(5)12-13)21-15(3)10-14(2)20-17-11-16(23-4)7-9-19(17)25-22(20)21/h6-12H,1-3,5H3/q+1/i1D3.